The molecule has 156 valence electrons. The molecule has 1 aliphatic heterocycles. The maximum Gasteiger partial charge on any atom is 0.170 e. The molecule has 0 bridgehead atoms. The van der Waals surface area contributed by atoms with Crippen molar-refractivity contribution in [1.29, 1.82) is 0 Å². The minimum Gasteiger partial charge on any atom is -0.487 e. The second-order valence-electron chi connectivity index (χ2n) is 8.74. The smallest absolute Gasteiger partial charge is 0.170 e. The molecule has 4 heterocycles. The van der Waals surface area contributed by atoms with Crippen molar-refractivity contribution in [3.8, 4) is 28.3 Å². The van der Waals surface area contributed by atoms with E-state index in [1.807, 2.05) is 74.8 Å². The van der Waals surface area contributed by atoms with Gasteiger partial charge in [0.25, 0.3) is 0 Å². The molecule has 3 aromatic heterocycles. The van der Waals surface area contributed by atoms with Crippen LogP contribution in [0.25, 0.3) is 44.5 Å². The Morgan fingerprint density at radius 2 is 1.88 bits per heavy atom. The van der Waals surface area contributed by atoms with Gasteiger partial charge in [-0.2, -0.15) is 0 Å². The van der Waals surface area contributed by atoms with E-state index in [2.05, 4.69) is 15.0 Å². The van der Waals surface area contributed by atoms with Crippen molar-refractivity contribution in [2.45, 2.75) is 25.9 Å². The van der Waals surface area contributed by atoms with E-state index in [1.165, 1.54) is 0 Å². The summed E-state index contributed by atoms with van der Waals surface area (Å²) in [6.07, 6.45) is 5.93. The molecule has 0 aliphatic carbocycles. The van der Waals surface area contributed by atoms with Gasteiger partial charge in [0.15, 0.2) is 11.6 Å². The maximum atomic E-state index is 12.5. The highest BCUT2D eigenvalue weighted by Crippen LogP contribution is 2.37. The number of aromatic nitrogens is 4. The first kappa shape index (κ1) is 18.7. The van der Waals surface area contributed by atoms with Crippen molar-refractivity contribution in [2.75, 3.05) is 0 Å². The van der Waals surface area contributed by atoms with Crippen molar-refractivity contribution in [3.63, 3.8) is 0 Å². The molecule has 6 heteroatoms. The van der Waals surface area contributed by atoms with Crippen molar-refractivity contribution in [2.24, 2.45) is 0 Å². The number of rotatable bonds is 2. The van der Waals surface area contributed by atoms with E-state index in [1.54, 1.807) is 6.20 Å². The fourth-order valence-electron chi connectivity index (χ4n) is 4.32. The zero-order valence-electron chi connectivity index (χ0n) is 17.7. The van der Waals surface area contributed by atoms with Crippen LogP contribution >= 0.6 is 0 Å². The lowest BCUT2D eigenvalue weighted by atomic mass is 9.91. The molecule has 0 spiro atoms. The molecule has 1 N–H and O–H groups in total. The third-order valence-electron chi connectivity index (χ3n) is 5.86. The lowest BCUT2D eigenvalue weighted by molar-refractivity contribution is 0.0620. The first-order chi connectivity index (χ1) is 15.5. The van der Waals surface area contributed by atoms with E-state index in [4.69, 9.17) is 9.72 Å². The summed E-state index contributed by atoms with van der Waals surface area (Å²) < 4.78 is 6.09. The molecule has 0 radical (unpaired) electrons. The molecule has 6 nitrogen and oxygen atoms in total. The van der Waals surface area contributed by atoms with E-state index in [0.717, 1.165) is 38.6 Å². The summed E-state index contributed by atoms with van der Waals surface area (Å²) in [5.74, 6) is 1.39. The van der Waals surface area contributed by atoms with E-state index in [9.17, 15) is 4.79 Å². The van der Waals surface area contributed by atoms with Crippen molar-refractivity contribution in [3.05, 3.63) is 72.7 Å². The van der Waals surface area contributed by atoms with Gasteiger partial charge in [0.2, 0.25) is 0 Å². The number of carbonyl (C=O) groups excluding carboxylic acids is 1. The molecular formula is C26H20N4O2. The van der Waals surface area contributed by atoms with Crippen LogP contribution in [0.4, 0.5) is 0 Å². The van der Waals surface area contributed by atoms with Gasteiger partial charge in [0.05, 0.1) is 17.5 Å². The molecule has 0 saturated heterocycles. The molecule has 32 heavy (non-hydrogen) atoms. The second kappa shape index (κ2) is 6.72. The van der Waals surface area contributed by atoms with Gasteiger partial charge in [-0.05, 0) is 55.8 Å². The number of aromatic amines is 1. The predicted octanol–water partition coefficient (Wildman–Crippen LogP) is 5.58. The first-order valence-corrected chi connectivity index (χ1v) is 10.5. The number of ether oxygens (including phenoxy) is 1. The summed E-state index contributed by atoms with van der Waals surface area (Å²) in [5, 5.41) is 1.96. The van der Waals surface area contributed by atoms with Crippen LogP contribution in [0.1, 0.15) is 30.6 Å². The molecule has 5 aromatic rings. The number of Topliss-reactive ketones (excluding diaryl/α,β-unsaturated/α-hetero) is 1. The lowest BCUT2D eigenvalue weighted by Gasteiger charge is -2.31. The molecule has 0 atom stereocenters. The van der Waals surface area contributed by atoms with Crippen LogP contribution in [0, 0.1) is 0 Å². The van der Waals surface area contributed by atoms with E-state index >= 15 is 0 Å². The van der Waals surface area contributed by atoms with Gasteiger partial charge < -0.3 is 9.72 Å². The minimum absolute atomic E-state index is 0.111. The monoisotopic (exact) mass is 420 g/mol. The topological polar surface area (TPSA) is 80.8 Å². The third kappa shape index (κ3) is 3.03. The number of hydrogen-bond donors (Lipinski definition) is 1. The summed E-state index contributed by atoms with van der Waals surface area (Å²) in [6, 6.07) is 15.7. The van der Waals surface area contributed by atoms with Crippen molar-refractivity contribution >= 4 is 27.7 Å². The Balaban J connectivity index is 1.41. The minimum atomic E-state index is -0.504. The molecule has 1 aliphatic rings. The van der Waals surface area contributed by atoms with Gasteiger partial charge in [-0.1, -0.05) is 12.1 Å². The van der Waals surface area contributed by atoms with Gasteiger partial charge >= 0.3 is 0 Å². The van der Waals surface area contributed by atoms with E-state index < -0.39 is 5.60 Å². The number of ketones is 1. The van der Waals surface area contributed by atoms with Crippen molar-refractivity contribution in [1.82, 2.24) is 19.9 Å². The molecule has 2 aromatic carbocycles. The first-order valence-electron chi connectivity index (χ1n) is 10.5. The highest BCUT2D eigenvalue weighted by molar-refractivity contribution is 6.02. The summed E-state index contributed by atoms with van der Waals surface area (Å²) in [5.41, 5.74) is 4.69. The van der Waals surface area contributed by atoms with E-state index in [-0.39, 0.29) is 5.78 Å². The Morgan fingerprint density at radius 1 is 1.00 bits per heavy atom. The van der Waals surface area contributed by atoms with Gasteiger partial charge in [-0.15, -0.1) is 0 Å². The second-order valence-corrected chi connectivity index (χ2v) is 8.74. The Hall–Kier alpha value is -4.06. The Labute approximate surface area is 184 Å². The number of pyridine rings is 1. The van der Waals surface area contributed by atoms with E-state index in [0.29, 0.717) is 23.6 Å². The highest BCUT2D eigenvalue weighted by Gasteiger charge is 2.32. The zero-order chi connectivity index (χ0) is 21.9. The van der Waals surface area contributed by atoms with Gasteiger partial charge in [0.1, 0.15) is 17.0 Å². The number of nitrogens with one attached hydrogen (secondary N) is 1. The fourth-order valence-corrected chi connectivity index (χ4v) is 4.32. The summed E-state index contributed by atoms with van der Waals surface area (Å²) >= 11 is 0. The average molecular weight is 420 g/mol. The van der Waals surface area contributed by atoms with Crippen LogP contribution in [-0.4, -0.2) is 31.3 Å². The fraction of sp³-hybridized carbons (Fsp3) is 0.154. The third-order valence-corrected chi connectivity index (χ3v) is 5.86. The predicted molar refractivity (Wildman–Crippen MR) is 124 cm³/mol. The molecule has 0 unspecified atom stereocenters. The Morgan fingerprint density at radius 3 is 2.78 bits per heavy atom. The SMILES string of the molecule is CC1(C)CC(=O)c2ccc(-c3c[nH]c4nc(-c5ccc6ncccc6c5)ncc34)cc2O1. The number of benzene rings is 2. The summed E-state index contributed by atoms with van der Waals surface area (Å²) in [7, 11) is 0. The quantitative estimate of drug-likeness (QED) is 0.403. The molecule has 0 saturated carbocycles. The van der Waals surface area contributed by atoms with Crippen LogP contribution in [0.3, 0.4) is 0 Å². The van der Waals surface area contributed by atoms with Crippen LogP contribution in [-0.2, 0) is 0 Å². The normalized spacial score (nSPS) is 15.0. The standard InChI is InChI=1S/C26H20N4O2/c1-26(2)12-22(31)18-7-5-15(11-23(18)32-26)19-13-29-25-20(19)14-28-24(30-25)17-6-8-21-16(10-17)4-3-9-27-21/h3-11,13-14H,12H2,1-2H3,(H,28,29,30). The van der Waals surface area contributed by atoms with Gasteiger partial charge in [0, 0.05) is 40.5 Å². The summed E-state index contributed by atoms with van der Waals surface area (Å²) in [6.45, 7) is 3.87. The van der Waals surface area contributed by atoms with Gasteiger partial charge in [-0.25, -0.2) is 9.97 Å². The number of fused-ring (bicyclic) bond motifs is 3. The highest BCUT2D eigenvalue weighted by atomic mass is 16.5. The number of H-pyrrole nitrogens is 1. The zero-order valence-corrected chi connectivity index (χ0v) is 17.7. The van der Waals surface area contributed by atoms with Gasteiger partial charge in [-0.3, -0.25) is 9.78 Å². The van der Waals surface area contributed by atoms with Crippen LogP contribution in [0.5, 0.6) is 5.75 Å². The maximum absolute atomic E-state index is 12.5. The molecular weight excluding hydrogens is 400 g/mol. The average Bonchev–Trinajstić information content (AvgIpc) is 3.21. The van der Waals surface area contributed by atoms with Crippen LogP contribution in [0.2, 0.25) is 0 Å². The van der Waals surface area contributed by atoms with Crippen LogP contribution < -0.4 is 4.74 Å². The molecule has 0 amide bonds. The molecule has 0 fully saturated rings. The number of carbonyl (C=O) groups is 1. The van der Waals surface area contributed by atoms with Crippen LogP contribution in [0.15, 0.2) is 67.1 Å². The number of hydrogen-bond acceptors (Lipinski definition) is 5. The Bertz CT molecular complexity index is 1530. The molecule has 6 rings (SSSR count). The lowest BCUT2D eigenvalue weighted by Crippen LogP contribution is -2.35. The largest absolute Gasteiger partial charge is 0.487 e. The number of nitrogens with zero attached hydrogens (tertiary/aromatic N) is 3. The van der Waals surface area contributed by atoms with Crippen molar-refractivity contribution < 1.29 is 9.53 Å². The Kier molecular flexibility index (Phi) is 3.92. The summed E-state index contributed by atoms with van der Waals surface area (Å²) in [4.78, 5) is 29.5.